The van der Waals surface area contributed by atoms with E-state index < -0.39 is 10.6 Å². The fraction of sp³-hybridized carbons (Fsp3) is 0.208. The number of hydrazone groups is 1. The molecule has 2 heterocycles. The molecule has 2 aliphatic rings. The number of nitrogens with zero attached hydrogens (tertiary/aromatic N) is 3. The molecule has 7 heteroatoms. The first-order valence-corrected chi connectivity index (χ1v) is 10.0. The van der Waals surface area contributed by atoms with Gasteiger partial charge in [-0.3, -0.25) is 10.1 Å². The first-order valence-electron chi connectivity index (χ1n) is 10.0. The molecule has 0 saturated heterocycles. The maximum atomic E-state index is 11.1. The molecule has 0 unspecified atom stereocenters. The van der Waals surface area contributed by atoms with E-state index >= 15 is 0 Å². The van der Waals surface area contributed by atoms with Crippen LogP contribution in [-0.2, 0) is 5.72 Å². The highest BCUT2D eigenvalue weighted by Crippen LogP contribution is 2.50. The molecule has 2 aliphatic heterocycles. The fourth-order valence-corrected chi connectivity index (χ4v) is 4.30. The highest BCUT2D eigenvalue weighted by Gasteiger charge is 2.48. The molecule has 7 nitrogen and oxygen atoms in total. The minimum Gasteiger partial charge on any atom is -0.497 e. The lowest BCUT2D eigenvalue weighted by molar-refractivity contribution is -0.384. The molecule has 5 rings (SSSR count). The van der Waals surface area contributed by atoms with Crippen LogP contribution < -0.4 is 9.47 Å². The zero-order chi connectivity index (χ0) is 21.6. The molecule has 0 radical (unpaired) electrons. The van der Waals surface area contributed by atoms with Crippen LogP contribution in [0.2, 0.25) is 0 Å². The van der Waals surface area contributed by atoms with Crippen LogP contribution in [0.5, 0.6) is 11.5 Å². The lowest BCUT2D eigenvalue weighted by Gasteiger charge is -2.45. The standard InChI is InChI=1S/C24H21N3O4/c1-24(17-9-11-18(12-10-17)27(28)29)26-22(20-5-3-4-6-23(20)31-24)15-21(25-26)16-7-13-19(30-2)14-8-16/h3-14,22H,15H2,1-2H3/t22-,24-/m1/s1. The molecule has 0 bridgehead atoms. The van der Waals surface area contributed by atoms with Crippen LogP contribution in [0.3, 0.4) is 0 Å². The van der Waals surface area contributed by atoms with Crippen molar-refractivity contribution in [3.05, 3.63) is 99.6 Å². The minimum absolute atomic E-state index is 0.00208. The Balaban J connectivity index is 1.59. The Labute approximate surface area is 179 Å². The second-order valence-electron chi connectivity index (χ2n) is 7.77. The molecule has 156 valence electrons. The van der Waals surface area contributed by atoms with Gasteiger partial charge < -0.3 is 9.47 Å². The summed E-state index contributed by atoms with van der Waals surface area (Å²) in [6.07, 6.45) is 0.731. The predicted molar refractivity (Wildman–Crippen MR) is 116 cm³/mol. The summed E-state index contributed by atoms with van der Waals surface area (Å²) in [6.45, 7) is 1.96. The fourth-order valence-electron chi connectivity index (χ4n) is 4.30. The molecule has 3 aromatic rings. The van der Waals surface area contributed by atoms with Crippen LogP contribution in [0.15, 0.2) is 77.9 Å². The number of hydrogen-bond donors (Lipinski definition) is 0. The minimum atomic E-state index is -0.900. The van der Waals surface area contributed by atoms with Gasteiger partial charge in [0, 0.05) is 36.6 Å². The van der Waals surface area contributed by atoms with Crippen molar-refractivity contribution in [3.8, 4) is 11.5 Å². The summed E-state index contributed by atoms with van der Waals surface area (Å²) in [4.78, 5) is 10.7. The maximum absolute atomic E-state index is 11.1. The van der Waals surface area contributed by atoms with Gasteiger partial charge in [-0.2, -0.15) is 5.10 Å². The molecule has 31 heavy (non-hydrogen) atoms. The van der Waals surface area contributed by atoms with Crippen LogP contribution in [0.25, 0.3) is 0 Å². The van der Waals surface area contributed by atoms with Crippen molar-refractivity contribution in [3.63, 3.8) is 0 Å². The van der Waals surface area contributed by atoms with Crippen molar-refractivity contribution in [2.45, 2.75) is 25.1 Å². The molecule has 0 aliphatic carbocycles. The number of nitro benzene ring substituents is 1. The van der Waals surface area contributed by atoms with Gasteiger partial charge in [0.25, 0.3) is 5.69 Å². The van der Waals surface area contributed by atoms with Crippen LogP contribution >= 0.6 is 0 Å². The highest BCUT2D eigenvalue weighted by atomic mass is 16.6. The van der Waals surface area contributed by atoms with Crippen LogP contribution in [0.1, 0.15) is 36.1 Å². The number of fused-ring (bicyclic) bond motifs is 3. The normalized spacial score (nSPS) is 21.5. The zero-order valence-electron chi connectivity index (χ0n) is 17.2. The zero-order valence-corrected chi connectivity index (χ0v) is 17.2. The van der Waals surface area contributed by atoms with Gasteiger partial charge in [0.2, 0.25) is 5.72 Å². The largest absolute Gasteiger partial charge is 0.497 e. The van der Waals surface area contributed by atoms with E-state index in [1.165, 1.54) is 12.1 Å². The summed E-state index contributed by atoms with van der Waals surface area (Å²) in [6, 6.07) is 22.3. The molecule has 0 fully saturated rings. The van der Waals surface area contributed by atoms with Crippen molar-refractivity contribution in [1.82, 2.24) is 5.01 Å². The second kappa shape index (κ2) is 7.12. The molecule has 0 aromatic heterocycles. The third kappa shape index (κ3) is 3.09. The monoisotopic (exact) mass is 415 g/mol. The lowest BCUT2D eigenvalue weighted by atomic mass is 9.92. The summed E-state index contributed by atoms with van der Waals surface area (Å²) in [5.74, 6) is 1.60. The van der Waals surface area contributed by atoms with Crippen molar-refractivity contribution in [2.75, 3.05) is 7.11 Å². The van der Waals surface area contributed by atoms with E-state index in [-0.39, 0.29) is 11.7 Å². The summed E-state index contributed by atoms with van der Waals surface area (Å²) in [7, 11) is 1.65. The Morgan fingerprint density at radius 1 is 1.10 bits per heavy atom. The molecule has 0 spiro atoms. The molecule has 3 aromatic carbocycles. The Hall–Kier alpha value is -3.87. The maximum Gasteiger partial charge on any atom is 0.269 e. The smallest absolute Gasteiger partial charge is 0.269 e. The topological polar surface area (TPSA) is 77.2 Å². The van der Waals surface area contributed by atoms with E-state index in [1.807, 2.05) is 54.4 Å². The van der Waals surface area contributed by atoms with Crippen LogP contribution in [-0.4, -0.2) is 22.8 Å². The van der Waals surface area contributed by atoms with E-state index in [9.17, 15) is 10.1 Å². The lowest BCUT2D eigenvalue weighted by Crippen LogP contribution is -2.48. The molecular formula is C24H21N3O4. The molecule has 0 N–H and O–H groups in total. The number of benzene rings is 3. The number of ether oxygens (including phenoxy) is 2. The number of methoxy groups -OCH3 is 1. The highest BCUT2D eigenvalue weighted by molar-refractivity contribution is 6.02. The van der Waals surface area contributed by atoms with Gasteiger partial charge in [0.1, 0.15) is 11.5 Å². The van der Waals surface area contributed by atoms with Gasteiger partial charge in [0.05, 0.1) is 23.8 Å². The number of rotatable bonds is 4. The average Bonchev–Trinajstić information content (AvgIpc) is 3.26. The number of hydrogen-bond acceptors (Lipinski definition) is 6. The summed E-state index contributed by atoms with van der Waals surface area (Å²) in [5, 5.41) is 18.0. The van der Waals surface area contributed by atoms with E-state index in [0.717, 1.165) is 40.3 Å². The third-order valence-electron chi connectivity index (χ3n) is 5.97. The van der Waals surface area contributed by atoms with E-state index in [1.54, 1.807) is 19.2 Å². The summed E-state index contributed by atoms with van der Waals surface area (Å²) < 4.78 is 11.7. The van der Waals surface area contributed by atoms with Crippen LogP contribution in [0, 0.1) is 10.1 Å². The average molecular weight is 415 g/mol. The van der Waals surface area contributed by atoms with Gasteiger partial charge in [-0.25, -0.2) is 5.01 Å². The van der Waals surface area contributed by atoms with E-state index in [0.29, 0.717) is 0 Å². The van der Waals surface area contributed by atoms with Gasteiger partial charge in [-0.15, -0.1) is 0 Å². The van der Waals surface area contributed by atoms with Gasteiger partial charge >= 0.3 is 0 Å². The quantitative estimate of drug-likeness (QED) is 0.442. The first-order chi connectivity index (χ1) is 15.0. The van der Waals surface area contributed by atoms with Crippen molar-refractivity contribution >= 4 is 11.4 Å². The van der Waals surface area contributed by atoms with Gasteiger partial charge in [-0.1, -0.05) is 18.2 Å². The molecular weight excluding hydrogens is 394 g/mol. The molecule has 2 atom stereocenters. The second-order valence-corrected chi connectivity index (χ2v) is 7.77. The van der Waals surface area contributed by atoms with E-state index in [2.05, 4.69) is 6.07 Å². The Bertz CT molecular complexity index is 1170. The third-order valence-corrected chi connectivity index (χ3v) is 5.97. The summed E-state index contributed by atoms with van der Waals surface area (Å²) >= 11 is 0. The number of para-hydroxylation sites is 1. The molecule has 0 amide bonds. The van der Waals surface area contributed by atoms with Gasteiger partial charge in [0.15, 0.2) is 0 Å². The predicted octanol–water partition coefficient (Wildman–Crippen LogP) is 5.02. The SMILES string of the molecule is COc1ccc(C2=NN3[C@H](C2)c2ccccc2O[C@]3(C)c2ccc([N+](=O)[O-])cc2)cc1. The van der Waals surface area contributed by atoms with Gasteiger partial charge in [-0.05, 0) is 48.0 Å². The van der Waals surface area contributed by atoms with Crippen molar-refractivity contribution < 1.29 is 14.4 Å². The van der Waals surface area contributed by atoms with Crippen molar-refractivity contribution in [1.29, 1.82) is 0 Å². The summed E-state index contributed by atoms with van der Waals surface area (Å²) in [5.41, 5.74) is 3.01. The Kier molecular flexibility index (Phi) is 4.39. The number of non-ortho nitro benzene ring substituents is 1. The Morgan fingerprint density at radius 3 is 2.48 bits per heavy atom. The Morgan fingerprint density at radius 2 is 1.81 bits per heavy atom. The van der Waals surface area contributed by atoms with E-state index in [4.69, 9.17) is 14.6 Å². The van der Waals surface area contributed by atoms with Crippen molar-refractivity contribution in [2.24, 2.45) is 5.10 Å². The van der Waals surface area contributed by atoms with Crippen LogP contribution in [0.4, 0.5) is 5.69 Å². The molecule has 0 saturated carbocycles. The number of nitro groups is 1. The first kappa shape index (κ1) is 19.1.